The van der Waals surface area contributed by atoms with Crippen molar-refractivity contribution in [1.29, 1.82) is 0 Å². The van der Waals surface area contributed by atoms with E-state index >= 15 is 0 Å². The summed E-state index contributed by atoms with van der Waals surface area (Å²) in [6, 6.07) is 13.7. The van der Waals surface area contributed by atoms with Crippen molar-refractivity contribution in [3.05, 3.63) is 59.9 Å². The van der Waals surface area contributed by atoms with Gasteiger partial charge in [-0.3, -0.25) is 4.98 Å². The maximum atomic E-state index is 4.25. The van der Waals surface area contributed by atoms with Gasteiger partial charge in [-0.1, -0.05) is 30.3 Å². The minimum atomic E-state index is 0.596. The average Bonchev–Trinajstić information content (AvgIpc) is 2.49. The Morgan fingerprint density at radius 2 is 1.75 bits per heavy atom. The van der Waals surface area contributed by atoms with E-state index in [0.717, 1.165) is 11.6 Å². The van der Waals surface area contributed by atoms with Crippen LogP contribution < -0.4 is 5.32 Å². The van der Waals surface area contributed by atoms with E-state index in [-0.39, 0.29) is 0 Å². The quantitative estimate of drug-likeness (QED) is 0.883. The molecule has 1 saturated carbocycles. The molecule has 1 heterocycles. The number of hydrogen-bond donors (Lipinski definition) is 1. The number of nitrogens with one attached hydrogen (secondary N) is 1. The van der Waals surface area contributed by atoms with Gasteiger partial charge in [-0.25, -0.2) is 0 Å². The van der Waals surface area contributed by atoms with E-state index in [1.165, 1.54) is 36.8 Å². The van der Waals surface area contributed by atoms with Crippen molar-refractivity contribution < 1.29 is 0 Å². The summed E-state index contributed by atoms with van der Waals surface area (Å²) in [5.74, 6) is 0.741. The molecule has 2 aromatic rings. The number of aryl methyl sites for hydroxylation is 1. The summed E-state index contributed by atoms with van der Waals surface area (Å²) < 4.78 is 0. The summed E-state index contributed by atoms with van der Waals surface area (Å²) in [6.45, 7) is 2.09. The third-order valence-corrected chi connectivity index (χ3v) is 4.24. The summed E-state index contributed by atoms with van der Waals surface area (Å²) >= 11 is 0. The predicted molar refractivity (Wildman–Crippen MR) is 84.0 cm³/mol. The zero-order valence-corrected chi connectivity index (χ0v) is 12.0. The van der Waals surface area contributed by atoms with Gasteiger partial charge in [0.1, 0.15) is 0 Å². The maximum Gasteiger partial charge on any atom is 0.0531 e. The van der Waals surface area contributed by atoms with Crippen molar-refractivity contribution in [1.82, 2.24) is 4.98 Å². The first kappa shape index (κ1) is 13.2. The molecule has 1 aliphatic rings. The van der Waals surface area contributed by atoms with Gasteiger partial charge in [0.05, 0.1) is 5.69 Å². The van der Waals surface area contributed by atoms with Gasteiger partial charge in [-0.15, -0.1) is 0 Å². The molecule has 104 valence electrons. The molecule has 1 fully saturated rings. The minimum absolute atomic E-state index is 0.596. The SMILES string of the molecule is Cc1cncc(NC2CCC(c3ccccc3)CC2)c1. The molecule has 0 bridgehead atoms. The van der Waals surface area contributed by atoms with E-state index < -0.39 is 0 Å². The van der Waals surface area contributed by atoms with Crippen LogP contribution in [0.3, 0.4) is 0 Å². The van der Waals surface area contributed by atoms with Gasteiger partial charge >= 0.3 is 0 Å². The van der Waals surface area contributed by atoms with Crippen molar-refractivity contribution in [2.45, 2.75) is 44.6 Å². The zero-order valence-electron chi connectivity index (χ0n) is 12.0. The first-order valence-corrected chi connectivity index (χ1v) is 7.54. The number of hydrogen-bond acceptors (Lipinski definition) is 2. The van der Waals surface area contributed by atoms with Crippen molar-refractivity contribution in [3.8, 4) is 0 Å². The van der Waals surface area contributed by atoms with Crippen molar-refractivity contribution in [3.63, 3.8) is 0 Å². The van der Waals surface area contributed by atoms with Gasteiger partial charge in [-0.2, -0.15) is 0 Å². The van der Waals surface area contributed by atoms with Crippen LogP contribution in [0.4, 0.5) is 5.69 Å². The van der Waals surface area contributed by atoms with E-state index in [1.54, 1.807) is 0 Å². The first-order valence-electron chi connectivity index (χ1n) is 7.54. The van der Waals surface area contributed by atoms with Gasteiger partial charge in [0.15, 0.2) is 0 Å². The Kier molecular flexibility index (Phi) is 4.00. The van der Waals surface area contributed by atoms with Crippen LogP contribution >= 0.6 is 0 Å². The second kappa shape index (κ2) is 6.08. The van der Waals surface area contributed by atoms with Crippen LogP contribution in [-0.4, -0.2) is 11.0 Å². The monoisotopic (exact) mass is 266 g/mol. The molecule has 0 atom stereocenters. The van der Waals surface area contributed by atoms with Gasteiger partial charge in [0.2, 0.25) is 0 Å². The molecule has 0 unspecified atom stereocenters. The minimum Gasteiger partial charge on any atom is -0.381 e. The summed E-state index contributed by atoms with van der Waals surface area (Å²) in [7, 11) is 0. The molecule has 1 aromatic carbocycles. The highest BCUT2D eigenvalue weighted by atomic mass is 14.9. The molecule has 2 heteroatoms. The molecule has 1 aromatic heterocycles. The van der Waals surface area contributed by atoms with Crippen LogP contribution in [0.1, 0.15) is 42.7 Å². The maximum absolute atomic E-state index is 4.25. The Balaban J connectivity index is 1.56. The average molecular weight is 266 g/mol. The number of pyridine rings is 1. The van der Waals surface area contributed by atoms with Gasteiger partial charge in [0.25, 0.3) is 0 Å². The predicted octanol–water partition coefficient (Wildman–Crippen LogP) is 4.53. The first-order chi connectivity index (χ1) is 9.81. The second-order valence-electron chi connectivity index (χ2n) is 5.85. The molecule has 0 saturated heterocycles. The van der Waals surface area contributed by atoms with E-state index in [9.17, 15) is 0 Å². The second-order valence-corrected chi connectivity index (χ2v) is 5.85. The number of nitrogens with zero attached hydrogens (tertiary/aromatic N) is 1. The zero-order chi connectivity index (χ0) is 13.8. The van der Waals surface area contributed by atoms with Crippen LogP contribution in [0, 0.1) is 6.92 Å². The van der Waals surface area contributed by atoms with E-state index in [0.29, 0.717) is 6.04 Å². The van der Waals surface area contributed by atoms with Gasteiger partial charge < -0.3 is 5.32 Å². The van der Waals surface area contributed by atoms with Crippen molar-refractivity contribution in [2.75, 3.05) is 5.32 Å². The summed E-state index contributed by atoms with van der Waals surface area (Å²) in [4.78, 5) is 4.25. The molecule has 1 N–H and O–H groups in total. The Bertz CT molecular complexity index is 542. The Morgan fingerprint density at radius 3 is 2.45 bits per heavy atom. The molecule has 1 aliphatic carbocycles. The molecule has 2 nitrogen and oxygen atoms in total. The standard InChI is InChI=1S/C18H22N2/c1-14-11-18(13-19-12-14)20-17-9-7-16(8-10-17)15-5-3-2-4-6-15/h2-6,11-13,16-17,20H,7-10H2,1H3. The largest absolute Gasteiger partial charge is 0.381 e. The fourth-order valence-electron chi connectivity index (χ4n) is 3.17. The smallest absolute Gasteiger partial charge is 0.0531 e. The summed E-state index contributed by atoms with van der Waals surface area (Å²) in [5, 5.41) is 3.63. The van der Waals surface area contributed by atoms with Crippen LogP contribution in [0.15, 0.2) is 48.8 Å². The highest BCUT2D eigenvalue weighted by molar-refractivity contribution is 5.43. The Labute approximate surface area is 121 Å². The molecular weight excluding hydrogens is 244 g/mol. The molecule has 0 radical (unpaired) electrons. The number of anilines is 1. The van der Waals surface area contributed by atoms with Crippen LogP contribution in [0.5, 0.6) is 0 Å². The van der Waals surface area contributed by atoms with Gasteiger partial charge in [-0.05, 0) is 55.7 Å². The fraction of sp³-hybridized carbons (Fsp3) is 0.389. The highest BCUT2D eigenvalue weighted by Crippen LogP contribution is 2.33. The Morgan fingerprint density at radius 1 is 1.00 bits per heavy atom. The van der Waals surface area contributed by atoms with E-state index in [2.05, 4.69) is 53.6 Å². The summed E-state index contributed by atoms with van der Waals surface area (Å²) in [5.41, 5.74) is 3.88. The van der Waals surface area contributed by atoms with Crippen LogP contribution in [-0.2, 0) is 0 Å². The number of benzene rings is 1. The van der Waals surface area contributed by atoms with Crippen LogP contribution in [0.2, 0.25) is 0 Å². The number of aromatic nitrogens is 1. The molecule has 0 spiro atoms. The third kappa shape index (κ3) is 3.19. The molecule has 0 amide bonds. The van der Waals surface area contributed by atoms with Crippen LogP contribution in [0.25, 0.3) is 0 Å². The lowest BCUT2D eigenvalue weighted by Crippen LogP contribution is -2.25. The lowest BCUT2D eigenvalue weighted by Gasteiger charge is -2.30. The third-order valence-electron chi connectivity index (χ3n) is 4.24. The normalized spacial score (nSPS) is 22.4. The molecule has 20 heavy (non-hydrogen) atoms. The van der Waals surface area contributed by atoms with E-state index in [4.69, 9.17) is 0 Å². The number of rotatable bonds is 3. The molecule has 3 rings (SSSR count). The Hall–Kier alpha value is -1.83. The summed E-state index contributed by atoms with van der Waals surface area (Å²) in [6.07, 6.45) is 8.87. The lowest BCUT2D eigenvalue weighted by atomic mass is 9.82. The fourth-order valence-corrected chi connectivity index (χ4v) is 3.17. The van der Waals surface area contributed by atoms with Crippen molar-refractivity contribution in [2.24, 2.45) is 0 Å². The molecular formula is C18H22N2. The van der Waals surface area contributed by atoms with Crippen molar-refractivity contribution >= 4 is 5.69 Å². The molecule has 0 aliphatic heterocycles. The van der Waals surface area contributed by atoms with Gasteiger partial charge in [0, 0.05) is 18.4 Å². The highest BCUT2D eigenvalue weighted by Gasteiger charge is 2.22. The van der Waals surface area contributed by atoms with E-state index in [1.807, 2.05) is 12.4 Å². The topological polar surface area (TPSA) is 24.9 Å². The lowest BCUT2D eigenvalue weighted by molar-refractivity contribution is 0.412.